The third-order valence-electron chi connectivity index (χ3n) is 4.76. The monoisotopic (exact) mass is 492 g/mol. The molecule has 0 radical (unpaired) electrons. The molecule has 0 unspecified atom stereocenters. The van der Waals surface area contributed by atoms with Gasteiger partial charge in [0.2, 0.25) is 8.87 Å². The molecule has 0 amide bonds. The maximum Gasteiger partial charge on any atom is 0.234 e. The Kier molecular flexibility index (Phi) is 8.70. The molecular weight excluding hydrogens is 464 g/mol. The highest BCUT2D eigenvalue weighted by molar-refractivity contribution is 8.72. The van der Waals surface area contributed by atoms with Crippen LogP contribution in [0.5, 0.6) is 0 Å². The maximum atomic E-state index is 12.4. The minimum Gasteiger partial charge on any atom is -0.392 e. The minimum absolute atomic E-state index is 0.0394. The number of hydrogen-bond acceptors (Lipinski definition) is 6. The van der Waals surface area contributed by atoms with Gasteiger partial charge in [-0.1, -0.05) is 41.5 Å². The zero-order chi connectivity index (χ0) is 24.1. The normalized spacial score (nSPS) is 11.6. The topological polar surface area (TPSA) is 88.5 Å². The van der Waals surface area contributed by atoms with Crippen molar-refractivity contribution in [3.63, 3.8) is 0 Å². The molecule has 3 aromatic rings. The number of benzene rings is 3. The van der Waals surface area contributed by atoms with Crippen molar-refractivity contribution >= 4 is 29.5 Å². The molecule has 3 aromatic carbocycles. The summed E-state index contributed by atoms with van der Waals surface area (Å²) in [5.74, 6) is 0. The molecule has 0 fully saturated rings. The Labute approximate surface area is 194 Å². The van der Waals surface area contributed by atoms with Crippen LogP contribution in [0.15, 0.2) is 75.4 Å². The first-order valence-electron chi connectivity index (χ1n) is 9.82. The van der Waals surface area contributed by atoms with Crippen LogP contribution >= 0.6 is 10.8 Å². The molecule has 0 saturated heterocycles. The molecule has 5 nitrogen and oxygen atoms in total. The highest BCUT2D eigenvalue weighted by Crippen LogP contribution is 2.34. The standard InChI is InChI=1S/C16H18O3S2.C8H10O2S/c1-11-4-6-15(7-5-11)21(18,19)20-16-9-12(2)14(10-17)8-13(16)3;1-7-3-5-8(6-4-7)11(2,9)10/h4-9,17H,10H2,1-3H3;3-6H,1-2H3. The summed E-state index contributed by atoms with van der Waals surface area (Å²) < 4.78 is 46.8. The van der Waals surface area contributed by atoms with E-state index in [0.29, 0.717) is 14.7 Å². The van der Waals surface area contributed by atoms with Gasteiger partial charge < -0.3 is 5.11 Å². The predicted octanol–water partition coefficient (Wildman–Crippen LogP) is 4.98. The van der Waals surface area contributed by atoms with Gasteiger partial charge in [0, 0.05) is 21.9 Å². The first-order chi connectivity index (χ1) is 14.8. The van der Waals surface area contributed by atoms with Crippen molar-refractivity contribution in [1.82, 2.24) is 0 Å². The SMILES string of the molecule is Cc1ccc(S(=O)(=O)Sc2cc(C)c(CO)cc2C)cc1.Cc1ccc(S(C)(=O)=O)cc1. The lowest BCUT2D eigenvalue weighted by Crippen LogP contribution is -1.98. The Bertz CT molecular complexity index is 1280. The summed E-state index contributed by atoms with van der Waals surface area (Å²) in [6, 6.07) is 17.3. The molecule has 32 heavy (non-hydrogen) atoms. The summed E-state index contributed by atoms with van der Waals surface area (Å²) in [6.45, 7) is 7.53. The number of aryl methyl sites for hydroxylation is 4. The Hall–Kier alpha value is -2.13. The van der Waals surface area contributed by atoms with Gasteiger partial charge in [-0.2, -0.15) is 0 Å². The molecule has 0 aliphatic heterocycles. The molecule has 0 aromatic heterocycles. The molecule has 3 rings (SSSR count). The molecule has 0 spiro atoms. The van der Waals surface area contributed by atoms with Crippen LogP contribution in [0.4, 0.5) is 0 Å². The predicted molar refractivity (Wildman–Crippen MR) is 130 cm³/mol. The molecule has 1 N–H and O–H groups in total. The summed E-state index contributed by atoms with van der Waals surface area (Å²) in [5, 5.41) is 9.25. The second-order valence-corrected chi connectivity index (χ2v) is 13.5. The van der Waals surface area contributed by atoms with Crippen LogP contribution in [0.2, 0.25) is 0 Å². The first-order valence-corrected chi connectivity index (χ1v) is 14.5. The number of aliphatic hydroxyl groups excluding tert-OH is 1. The van der Waals surface area contributed by atoms with Gasteiger partial charge in [-0.05, 0) is 74.7 Å². The summed E-state index contributed by atoms with van der Waals surface area (Å²) in [7, 11) is -5.60. The fourth-order valence-electron chi connectivity index (χ4n) is 2.77. The molecule has 0 bridgehead atoms. The zero-order valence-electron chi connectivity index (χ0n) is 18.8. The van der Waals surface area contributed by atoms with E-state index in [9.17, 15) is 21.9 Å². The van der Waals surface area contributed by atoms with E-state index < -0.39 is 18.7 Å². The van der Waals surface area contributed by atoms with E-state index in [0.717, 1.165) is 38.6 Å². The van der Waals surface area contributed by atoms with Gasteiger partial charge in [0.1, 0.15) is 0 Å². The third kappa shape index (κ3) is 7.20. The fourth-order valence-corrected chi connectivity index (χ4v) is 6.48. The number of rotatable bonds is 5. The Morgan fingerprint density at radius 1 is 0.719 bits per heavy atom. The molecule has 0 aliphatic rings. The second kappa shape index (κ2) is 10.7. The summed E-state index contributed by atoms with van der Waals surface area (Å²) in [4.78, 5) is 1.38. The first kappa shape index (κ1) is 26.1. The van der Waals surface area contributed by atoms with Gasteiger partial charge in [-0.3, -0.25) is 0 Å². The largest absolute Gasteiger partial charge is 0.392 e. The van der Waals surface area contributed by atoms with E-state index in [1.54, 1.807) is 48.5 Å². The van der Waals surface area contributed by atoms with Crippen LogP contribution in [0.3, 0.4) is 0 Å². The second-order valence-electron chi connectivity index (χ2n) is 7.64. The quantitative estimate of drug-likeness (QED) is 0.505. The lowest BCUT2D eigenvalue weighted by molar-refractivity contribution is 0.281. The van der Waals surface area contributed by atoms with Crippen molar-refractivity contribution in [1.29, 1.82) is 0 Å². The van der Waals surface area contributed by atoms with Crippen LogP contribution in [0, 0.1) is 27.7 Å². The van der Waals surface area contributed by atoms with E-state index in [1.165, 1.54) is 6.26 Å². The van der Waals surface area contributed by atoms with Crippen molar-refractivity contribution < 1.29 is 21.9 Å². The van der Waals surface area contributed by atoms with Crippen LogP contribution in [-0.2, 0) is 25.3 Å². The molecule has 0 saturated carbocycles. The van der Waals surface area contributed by atoms with E-state index in [4.69, 9.17) is 0 Å². The Morgan fingerprint density at radius 2 is 1.19 bits per heavy atom. The number of aliphatic hydroxyl groups is 1. The van der Waals surface area contributed by atoms with Crippen LogP contribution in [0.25, 0.3) is 0 Å². The van der Waals surface area contributed by atoms with Crippen molar-refractivity contribution in [2.75, 3.05) is 6.26 Å². The van der Waals surface area contributed by atoms with Crippen LogP contribution in [-0.4, -0.2) is 28.2 Å². The zero-order valence-corrected chi connectivity index (χ0v) is 21.2. The summed E-state index contributed by atoms with van der Waals surface area (Å²) in [5.41, 5.74) is 4.66. The fraction of sp³-hybridized carbons (Fsp3) is 0.250. The van der Waals surface area contributed by atoms with Gasteiger partial charge in [0.15, 0.2) is 9.84 Å². The van der Waals surface area contributed by atoms with E-state index in [-0.39, 0.29) is 6.61 Å². The van der Waals surface area contributed by atoms with Gasteiger partial charge >= 0.3 is 0 Å². The van der Waals surface area contributed by atoms with Crippen LogP contribution < -0.4 is 0 Å². The summed E-state index contributed by atoms with van der Waals surface area (Å²) >= 11 is 0. The van der Waals surface area contributed by atoms with Crippen LogP contribution in [0.1, 0.15) is 27.8 Å². The highest BCUT2D eigenvalue weighted by atomic mass is 33.1. The average molecular weight is 493 g/mol. The van der Waals surface area contributed by atoms with Gasteiger partial charge in [0.05, 0.1) is 16.4 Å². The van der Waals surface area contributed by atoms with Crippen molar-refractivity contribution in [3.8, 4) is 0 Å². The van der Waals surface area contributed by atoms with E-state index >= 15 is 0 Å². The lowest BCUT2D eigenvalue weighted by Gasteiger charge is -2.11. The number of sulfone groups is 1. The minimum atomic E-state index is -3.43. The third-order valence-corrected chi connectivity index (χ3v) is 9.35. The molecule has 0 aliphatic carbocycles. The summed E-state index contributed by atoms with van der Waals surface area (Å²) in [6.07, 6.45) is 1.21. The molecule has 0 heterocycles. The van der Waals surface area contributed by atoms with Crippen molar-refractivity contribution in [2.24, 2.45) is 0 Å². The highest BCUT2D eigenvalue weighted by Gasteiger charge is 2.18. The Balaban J connectivity index is 0.000000278. The van der Waals surface area contributed by atoms with Gasteiger partial charge in [-0.15, -0.1) is 0 Å². The van der Waals surface area contributed by atoms with Gasteiger partial charge in [0.25, 0.3) is 0 Å². The molecular formula is C24H28O5S3. The molecule has 172 valence electrons. The average Bonchev–Trinajstić information content (AvgIpc) is 2.71. The number of hydrogen-bond donors (Lipinski definition) is 1. The Morgan fingerprint density at radius 3 is 1.62 bits per heavy atom. The van der Waals surface area contributed by atoms with E-state index in [2.05, 4.69) is 0 Å². The maximum absolute atomic E-state index is 12.4. The van der Waals surface area contributed by atoms with Crippen molar-refractivity contribution in [2.45, 2.75) is 49.0 Å². The molecule has 0 atom stereocenters. The van der Waals surface area contributed by atoms with E-state index in [1.807, 2.05) is 39.8 Å². The molecule has 8 heteroatoms. The van der Waals surface area contributed by atoms with Crippen molar-refractivity contribution in [3.05, 3.63) is 88.5 Å². The lowest BCUT2D eigenvalue weighted by atomic mass is 10.1. The van der Waals surface area contributed by atoms with Gasteiger partial charge in [-0.25, -0.2) is 16.8 Å². The smallest absolute Gasteiger partial charge is 0.234 e.